The van der Waals surface area contributed by atoms with Crippen molar-refractivity contribution in [1.29, 1.82) is 0 Å². The van der Waals surface area contributed by atoms with Crippen molar-refractivity contribution in [1.82, 2.24) is 39.6 Å². The Morgan fingerprint density at radius 2 is 1.93 bits per heavy atom. The maximum absolute atomic E-state index is 14.1. The van der Waals surface area contributed by atoms with E-state index in [-0.39, 0.29) is 35.9 Å². The Balaban J connectivity index is 1.18. The second-order valence-electron chi connectivity index (χ2n) is 11.7. The number of amides is 1. The number of nitrogens with zero attached hydrogens (tertiary/aromatic N) is 8. The SMILES string of the molecule is COc1ccc(C2CC3NCN(c4cccc(-c5nncn5C(C)C)n4)C(=O)C3CC2n2cnc(C3CC3)c2)cn1. The summed E-state index contributed by atoms with van der Waals surface area (Å²) in [6, 6.07) is 10.1. The van der Waals surface area contributed by atoms with Gasteiger partial charge in [0.05, 0.1) is 31.7 Å². The van der Waals surface area contributed by atoms with Crippen LogP contribution in [-0.4, -0.2) is 60.0 Å². The van der Waals surface area contributed by atoms with E-state index in [0.29, 0.717) is 42.2 Å². The molecule has 5 heterocycles. The van der Waals surface area contributed by atoms with Crippen molar-refractivity contribution >= 4 is 11.7 Å². The third-order valence-corrected chi connectivity index (χ3v) is 8.81. The lowest BCUT2D eigenvalue weighted by Crippen LogP contribution is -2.60. The fourth-order valence-electron chi connectivity index (χ4n) is 6.41. The minimum Gasteiger partial charge on any atom is -0.481 e. The minimum atomic E-state index is -0.187. The molecule has 1 N–H and O–H groups in total. The van der Waals surface area contributed by atoms with Crippen LogP contribution in [0.5, 0.6) is 5.88 Å². The number of imidazole rings is 1. The molecule has 0 spiro atoms. The van der Waals surface area contributed by atoms with Gasteiger partial charge in [0.1, 0.15) is 17.8 Å². The molecule has 4 atom stereocenters. The number of methoxy groups -OCH3 is 1. The van der Waals surface area contributed by atoms with Gasteiger partial charge in [0, 0.05) is 48.4 Å². The lowest BCUT2D eigenvalue weighted by Gasteiger charge is -2.46. The van der Waals surface area contributed by atoms with Crippen LogP contribution in [-0.2, 0) is 4.79 Å². The van der Waals surface area contributed by atoms with Crippen LogP contribution in [0.3, 0.4) is 0 Å². The van der Waals surface area contributed by atoms with Gasteiger partial charge in [0.2, 0.25) is 11.8 Å². The van der Waals surface area contributed by atoms with E-state index in [1.807, 2.05) is 41.4 Å². The maximum Gasteiger partial charge on any atom is 0.234 e. The van der Waals surface area contributed by atoms with Crippen LogP contribution >= 0.6 is 0 Å². The predicted octanol–water partition coefficient (Wildman–Crippen LogP) is 4.10. The number of rotatable bonds is 7. The van der Waals surface area contributed by atoms with Crippen LogP contribution in [0, 0.1) is 5.92 Å². The Morgan fingerprint density at radius 3 is 2.68 bits per heavy atom. The Morgan fingerprint density at radius 1 is 1.05 bits per heavy atom. The van der Waals surface area contributed by atoms with Crippen molar-refractivity contribution in [3.63, 3.8) is 0 Å². The second-order valence-corrected chi connectivity index (χ2v) is 11.7. The molecule has 41 heavy (non-hydrogen) atoms. The zero-order valence-electron chi connectivity index (χ0n) is 23.6. The van der Waals surface area contributed by atoms with Crippen LogP contribution in [0.25, 0.3) is 11.5 Å². The molecule has 0 aromatic carbocycles. The summed E-state index contributed by atoms with van der Waals surface area (Å²) >= 11 is 0. The topological polar surface area (TPSA) is 116 Å². The van der Waals surface area contributed by atoms with Crippen LogP contribution in [0.1, 0.15) is 74.7 Å². The van der Waals surface area contributed by atoms with Crippen molar-refractivity contribution < 1.29 is 9.53 Å². The molecule has 2 saturated carbocycles. The molecule has 4 unspecified atom stereocenters. The third-order valence-electron chi connectivity index (χ3n) is 8.81. The molecule has 1 saturated heterocycles. The van der Waals surface area contributed by atoms with Gasteiger partial charge in [0.25, 0.3) is 0 Å². The highest BCUT2D eigenvalue weighted by molar-refractivity contribution is 5.95. The predicted molar refractivity (Wildman–Crippen MR) is 152 cm³/mol. The van der Waals surface area contributed by atoms with E-state index >= 15 is 0 Å². The molecule has 212 valence electrons. The first-order valence-corrected chi connectivity index (χ1v) is 14.4. The number of pyridine rings is 2. The first-order valence-electron chi connectivity index (χ1n) is 14.4. The van der Waals surface area contributed by atoms with Crippen LogP contribution in [0.2, 0.25) is 0 Å². The quantitative estimate of drug-likeness (QED) is 0.364. The smallest absolute Gasteiger partial charge is 0.234 e. The number of carbonyl (C=O) groups excluding carboxylic acids is 1. The third kappa shape index (κ3) is 4.77. The number of anilines is 1. The van der Waals surface area contributed by atoms with Crippen molar-refractivity contribution in [3.05, 3.63) is 66.6 Å². The Labute approximate surface area is 239 Å². The monoisotopic (exact) mass is 553 g/mol. The van der Waals surface area contributed by atoms with E-state index in [9.17, 15) is 4.79 Å². The van der Waals surface area contributed by atoms with E-state index in [0.717, 1.165) is 17.7 Å². The zero-order valence-corrected chi connectivity index (χ0v) is 23.6. The van der Waals surface area contributed by atoms with Gasteiger partial charge in [-0.2, -0.15) is 0 Å². The molecule has 7 rings (SSSR count). The molecule has 11 heteroatoms. The number of ether oxygens (including phenoxy) is 1. The highest BCUT2D eigenvalue weighted by atomic mass is 16.5. The van der Waals surface area contributed by atoms with Crippen LogP contribution in [0.15, 0.2) is 55.4 Å². The van der Waals surface area contributed by atoms with Crippen molar-refractivity contribution in [2.24, 2.45) is 5.92 Å². The van der Waals surface area contributed by atoms with E-state index in [4.69, 9.17) is 14.7 Å². The molecule has 11 nitrogen and oxygen atoms in total. The van der Waals surface area contributed by atoms with E-state index in [1.165, 1.54) is 12.8 Å². The van der Waals surface area contributed by atoms with Crippen molar-refractivity contribution in [3.8, 4) is 17.4 Å². The van der Waals surface area contributed by atoms with Gasteiger partial charge in [-0.15, -0.1) is 10.2 Å². The number of nitrogens with one attached hydrogen (secondary N) is 1. The first-order chi connectivity index (χ1) is 20.0. The van der Waals surface area contributed by atoms with Gasteiger partial charge < -0.3 is 13.9 Å². The maximum atomic E-state index is 14.1. The Kier molecular flexibility index (Phi) is 6.53. The van der Waals surface area contributed by atoms with Gasteiger partial charge in [-0.3, -0.25) is 15.0 Å². The number of aromatic nitrogens is 7. The zero-order chi connectivity index (χ0) is 28.1. The van der Waals surface area contributed by atoms with E-state index in [1.54, 1.807) is 18.3 Å². The van der Waals surface area contributed by atoms with Crippen LogP contribution in [0.4, 0.5) is 5.82 Å². The van der Waals surface area contributed by atoms with Crippen LogP contribution < -0.4 is 15.0 Å². The number of hydrogen-bond acceptors (Lipinski definition) is 8. The average Bonchev–Trinajstić information content (AvgIpc) is 3.51. The standard InChI is InChI=1S/C30H35N9O2/c1-18(2)38-17-34-36-29(38)23-5-4-6-27(35-23)39-16-33-24-11-21(20-9-10-28(41-3)31-13-20)26(12-22(24)30(39)40)37-14-25(32-15-37)19-7-8-19/h4-6,9-10,13-15,17-19,21-22,24,26,33H,7-8,11-12,16H2,1-3H3. The van der Waals surface area contributed by atoms with Gasteiger partial charge in [0.15, 0.2) is 5.82 Å². The fraction of sp³-hybridized carbons (Fsp3) is 0.467. The summed E-state index contributed by atoms with van der Waals surface area (Å²) in [7, 11) is 1.63. The molecule has 4 aromatic rings. The Bertz CT molecular complexity index is 1540. The van der Waals surface area contributed by atoms with E-state index in [2.05, 4.69) is 51.2 Å². The normalized spacial score (nSPS) is 24.5. The highest BCUT2D eigenvalue weighted by Gasteiger charge is 2.46. The number of fused-ring (bicyclic) bond motifs is 1. The largest absolute Gasteiger partial charge is 0.481 e. The summed E-state index contributed by atoms with van der Waals surface area (Å²) in [5, 5.41) is 12.1. The molecular formula is C30H35N9O2. The van der Waals surface area contributed by atoms with E-state index < -0.39 is 0 Å². The molecule has 0 bridgehead atoms. The number of hydrogen-bond donors (Lipinski definition) is 1. The fourth-order valence-corrected chi connectivity index (χ4v) is 6.41. The molecule has 0 radical (unpaired) electrons. The second kappa shape index (κ2) is 10.4. The highest BCUT2D eigenvalue weighted by Crippen LogP contribution is 2.46. The number of carbonyl (C=O) groups is 1. The molecule has 3 aliphatic rings. The van der Waals surface area contributed by atoms with Crippen molar-refractivity contribution in [2.75, 3.05) is 18.7 Å². The molecule has 1 amide bonds. The lowest BCUT2D eigenvalue weighted by atomic mass is 9.71. The van der Waals surface area contributed by atoms with Crippen molar-refractivity contribution in [2.45, 2.75) is 69.5 Å². The van der Waals surface area contributed by atoms with Gasteiger partial charge in [-0.1, -0.05) is 12.1 Å². The summed E-state index contributed by atoms with van der Waals surface area (Å²) in [6.45, 7) is 4.57. The molecule has 2 aliphatic carbocycles. The Hall–Kier alpha value is -4.12. The summed E-state index contributed by atoms with van der Waals surface area (Å²) in [4.78, 5) is 30.0. The molecule has 4 aromatic heterocycles. The lowest BCUT2D eigenvalue weighted by molar-refractivity contribution is -0.126. The molecule has 3 fully saturated rings. The molecule has 1 aliphatic heterocycles. The van der Waals surface area contributed by atoms with Gasteiger partial charge >= 0.3 is 0 Å². The summed E-state index contributed by atoms with van der Waals surface area (Å²) < 4.78 is 9.53. The molecular weight excluding hydrogens is 518 g/mol. The summed E-state index contributed by atoms with van der Waals surface area (Å²) in [5.41, 5.74) is 3.00. The van der Waals surface area contributed by atoms with Gasteiger partial charge in [-0.25, -0.2) is 15.0 Å². The minimum absolute atomic E-state index is 0.0562. The first kappa shape index (κ1) is 25.8. The summed E-state index contributed by atoms with van der Waals surface area (Å²) in [6.07, 6.45) is 11.7. The van der Waals surface area contributed by atoms with Gasteiger partial charge in [-0.05, 0) is 57.2 Å². The summed E-state index contributed by atoms with van der Waals surface area (Å²) in [5.74, 6) is 2.58. The average molecular weight is 554 g/mol.